The van der Waals surface area contributed by atoms with Gasteiger partial charge in [0.2, 0.25) is 0 Å². The number of amides is 1. The first-order valence-corrected chi connectivity index (χ1v) is 5.48. The Labute approximate surface area is 92.0 Å². The van der Waals surface area contributed by atoms with Gasteiger partial charge in [-0.3, -0.25) is 0 Å². The monoisotopic (exact) mass is 217 g/mol. The summed E-state index contributed by atoms with van der Waals surface area (Å²) in [6.45, 7) is 7.76. The van der Waals surface area contributed by atoms with Crippen LogP contribution in [0.2, 0.25) is 0 Å². The zero-order valence-electron chi connectivity index (χ0n) is 10.2. The van der Waals surface area contributed by atoms with Gasteiger partial charge in [0.15, 0.2) is 0 Å². The number of hydrogen-bond acceptors (Lipinski definition) is 3. The molecule has 0 heterocycles. The average molecular weight is 217 g/mol. The number of alkyl carbamates (subject to hydrolysis) is 1. The van der Waals surface area contributed by atoms with Gasteiger partial charge in [-0.15, -0.1) is 0 Å². The highest BCUT2D eigenvalue weighted by Crippen LogP contribution is 2.02. The largest absolute Gasteiger partial charge is 0.447 e. The van der Waals surface area contributed by atoms with Crippen LogP contribution >= 0.6 is 0 Å². The fraction of sp³-hybridized carbons (Fsp3) is 0.909. The maximum atomic E-state index is 11.2. The number of rotatable bonds is 5. The summed E-state index contributed by atoms with van der Waals surface area (Å²) in [6, 6.07) is 0. The van der Waals surface area contributed by atoms with Crippen LogP contribution < -0.4 is 5.32 Å². The van der Waals surface area contributed by atoms with E-state index in [1.54, 1.807) is 0 Å². The van der Waals surface area contributed by atoms with Crippen molar-refractivity contribution in [1.82, 2.24) is 5.32 Å². The van der Waals surface area contributed by atoms with Gasteiger partial charge in [0.25, 0.3) is 0 Å². The fourth-order valence-corrected chi connectivity index (χ4v) is 1.04. The Bertz CT molecular complexity index is 187. The van der Waals surface area contributed by atoms with Crippen molar-refractivity contribution in [1.29, 1.82) is 0 Å². The maximum Gasteiger partial charge on any atom is 0.407 e. The molecule has 15 heavy (non-hydrogen) atoms. The molecule has 1 atom stereocenters. The highest BCUT2D eigenvalue weighted by molar-refractivity contribution is 5.68. The van der Waals surface area contributed by atoms with Crippen molar-refractivity contribution < 1.29 is 14.6 Å². The summed E-state index contributed by atoms with van der Waals surface area (Å²) < 4.78 is 4.88. The molecule has 0 spiro atoms. The first-order chi connectivity index (χ1) is 6.85. The number of aliphatic hydroxyl groups is 1. The van der Waals surface area contributed by atoms with Gasteiger partial charge in [-0.25, -0.2) is 4.79 Å². The molecule has 4 nitrogen and oxygen atoms in total. The molecular formula is C11H23NO3. The van der Waals surface area contributed by atoms with Crippen molar-refractivity contribution in [2.75, 3.05) is 6.61 Å². The molecule has 0 aliphatic carbocycles. The zero-order chi connectivity index (χ0) is 11.9. The SMILES string of the molecule is CCCCC(O)COC(=O)NC(C)(C)C. The van der Waals surface area contributed by atoms with Crippen LogP contribution in [0, 0.1) is 0 Å². The van der Waals surface area contributed by atoms with E-state index in [9.17, 15) is 9.90 Å². The minimum atomic E-state index is -0.546. The van der Waals surface area contributed by atoms with Crippen molar-refractivity contribution in [2.45, 2.75) is 58.6 Å². The molecule has 0 bridgehead atoms. The molecule has 1 amide bonds. The van der Waals surface area contributed by atoms with Gasteiger partial charge < -0.3 is 15.2 Å². The first kappa shape index (κ1) is 14.2. The Morgan fingerprint density at radius 3 is 2.53 bits per heavy atom. The minimum Gasteiger partial charge on any atom is -0.447 e. The van der Waals surface area contributed by atoms with E-state index in [4.69, 9.17) is 4.74 Å². The second-order valence-corrected chi connectivity index (χ2v) is 4.77. The smallest absolute Gasteiger partial charge is 0.407 e. The number of nitrogens with one attached hydrogen (secondary N) is 1. The van der Waals surface area contributed by atoms with E-state index in [1.807, 2.05) is 20.8 Å². The van der Waals surface area contributed by atoms with Crippen molar-refractivity contribution >= 4 is 6.09 Å². The van der Waals surface area contributed by atoms with Crippen LogP contribution in [0.4, 0.5) is 4.79 Å². The van der Waals surface area contributed by atoms with Crippen LogP contribution in [0.5, 0.6) is 0 Å². The third-order valence-corrected chi connectivity index (χ3v) is 1.77. The summed E-state index contributed by atoms with van der Waals surface area (Å²) in [5.74, 6) is 0. The Morgan fingerprint density at radius 1 is 1.47 bits per heavy atom. The van der Waals surface area contributed by atoms with Gasteiger partial charge >= 0.3 is 6.09 Å². The van der Waals surface area contributed by atoms with E-state index in [0.717, 1.165) is 12.8 Å². The molecular weight excluding hydrogens is 194 g/mol. The first-order valence-electron chi connectivity index (χ1n) is 5.48. The summed E-state index contributed by atoms with van der Waals surface area (Å²) in [4.78, 5) is 11.2. The van der Waals surface area contributed by atoms with E-state index in [2.05, 4.69) is 12.2 Å². The van der Waals surface area contributed by atoms with Crippen LogP contribution in [0.3, 0.4) is 0 Å². The van der Waals surface area contributed by atoms with Crippen LogP contribution in [-0.4, -0.2) is 29.4 Å². The molecule has 0 aromatic rings. The Kier molecular flexibility index (Phi) is 6.32. The van der Waals surface area contributed by atoms with Crippen LogP contribution in [0.1, 0.15) is 47.0 Å². The summed E-state index contributed by atoms with van der Waals surface area (Å²) >= 11 is 0. The molecule has 4 heteroatoms. The third-order valence-electron chi connectivity index (χ3n) is 1.77. The van der Waals surface area contributed by atoms with Crippen LogP contribution in [-0.2, 0) is 4.74 Å². The maximum absolute atomic E-state index is 11.2. The van der Waals surface area contributed by atoms with Gasteiger partial charge in [0, 0.05) is 5.54 Å². The van der Waals surface area contributed by atoms with Crippen molar-refractivity contribution in [2.24, 2.45) is 0 Å². The predicted molar refractivity (Wildman–Crippen MR) is 59.8 cm³/mol. The molecule has 1 unspecified atom stereocenters. The molecule has 0 aromatic carbocycles. The molecule has 0 aliphatic rings. The van der Waals surface area contributed by atoms with Gasteiger partial charge in [-0.1, -0.05) is 19.8 Å². The second-order valence-electron chi connectivity index (χ2n) is 4.77. The van der Waals surface area contributed by atoms with Crippen molar-refractivity contribution in [3.63, 3.8) is 0 Å². The molecule has 0 saturated carbocycles. The lowest BCUT2D eigenvalue weighted by atomic mass is 10.1. The fourth-order valence-electron chi connectivity index (χ4n) is 1.04. The molecule has 0 rings (SSSR count). The molecule has 0 aromatic heterocycles. The number of carbonyl (C=O) groups excluding carboxylic acids is 1. The molecule has 0 saturated heterocycles. The summed E-state index contributed by atoms with van der Waals surface area (Å²) in [5, 5.41) is 12.1. The molecule has 2 N–H and O–H groups in total. The van der Waals surface area contributed by atoms with E-state index < -0.39 is 12.2 Å². The number of carbonyl (C=O) groups is 1. The summed E-state index contributed by atoms with van der Waals surface area (Å²) in [5.41, 5.74) is -0.300. The average Bonchev–Trinajstić information content (AvgIpc) is 2.08. The van der Waals surface area contributed by atoms with Crippen LogP contribution in [0.15, 0.2) is 0 Å². The van der Waals surface area contributed by atoms with Gasteiger partial charge in [0.1, 0.15) is 6.61 Å². The zero-order valence-corrected chi connectivity index (χ0v) is 10.2. The summed E-state index contributed by atoms with van der Waals surface area (Å²) in [7, 11) is 0. The van der Waals surface area contributed by atoms with E-state index in [-0.39, 0.29) is 12.1 Å². The topological polar surface area (TPSA) is 58.6 Å². The highest BCUT2D eigenvalue weighted by Gasteiger charge is 2.15. The van der Waals surface area contributed by atoms with Crippen LogP contribution in [0.25, 0.3) is 0 Å². The predicted octanol–water partition coefficient (Wildman–Crippen LogP) is 2.06. The lowest BCUT2D eigenvalue weighted by molar-refractivity contribution is 0.0593. The molecule has 0 aliphatic heterocycles. The van der Waals surface area contributed by atoms with Gasteiger partial charge in [-0.2, -0.15) is 0 Å². The Morgan fingerprint density at radius 2 is 2.07 bits per heavy atom. The third kappa shape index (κ3) is 9.53. The molecule has 90 valence electrons. The number of unbranched alkanes of at least 4 members (excludes halogenated alkanes) is 1. The number of aliphatic hydroxyl groups excluding tert-OH is 1. The van der Waals surface area contributed by atoms with Crippen molar-refractivity contribution in [3.05, 3.63) is 0 Å². The number of ether oxygens (including phenoxy) is 1. The van der Waals surface area contributed by atoms with Gasteiger partial charge in [-0.05, 0) is 27.2 Å². The van der Waals surface area contributed by atoms with Crippen molar-refractivity contribution in [3.8, 4) is 0 Å². The molecule has 0 fully saturated rings. The van der Waals surface area contributed by atoms with E-state index >= 15 is 0 Å². The van der Waals surface area contributed by atoms with Gasteiger partial charge in [0.05, 0.1) is 6.10 Å². The number of hydrogen-bond donors (Lipinski definition) is 2. The second kappa shape index (κ2) is 6.67. The van der Waals surface area contributed by atoms with E-state index in [0.29, 0.717) is 6.42 Å². The summed E-state index contributed by atoms with van der Waals surface area (Å²) in [6.07, 6.45) is 1.64. The Hall–Kier alpha value is -0.770. The quantitative estimate of drug-likeness (QED) is 0.741. The van der Waals surface area contributed by atoms with E-state index in [1.165, 1.54) is 0 Å². The lowest BCUT2D eigenvalue weighted by Gasteiger charge is -2.20. The Balaban J connectivity index is 3.62. The highest BCUT2D eigenvalue weighted by atomic mass is 16.6. The minimum absolute atomic E-state index is 0.0713. The lowest BCUT2D eigenvalue weighted by Crippen LogP contribution is -2.41. The molecule has 0 radical (unpaired) electrons. The normalized spacial score (nSPS) is 13.4. The standard InChI is InChI=1S/C11H23NO3/c1-5-6-7-9(13)8-15-10(14)12-11(2,3)4/h9,13H,5-8H2,1-4H3,(H,12,14).